The number of nitro groups is 1. The molecule has 5 nitrogen and oxygen atoms in total. The average Bonchev–Trinajstić information content (AvgIpc) is 2.38. The Morgan fingerprint density at radius 1 is 1.21 bits per heavy atom. The summed E-state index contributed by atoms with van der Waals surface area (Å²) >= 11 is 0. The van der Waals surface area contributed by atoms with Crippen LogP contribution >= 0.6 is 0 Å². The summed E-state index contributed by atoms with van der Waals surface area (Å²) in [6.07, 6.45) is 3.14. The van der Waals surface area contributed by atoms with Crippen LogP contribution < -0.4 is 5.32 Å². The summed E-state index contributed by atoms with van der Waals surface area (Å²) in [5.41, 5.74) is -0.0649. The van der Waals surface area contributed by atoms with Crippen molar-refractivity contribution < 1.29 is 13.7 Å². The number of pyridine rings is 1. The van der Waals surface area contributed by atoms with Crippen molar-refractivity contribution in [1.29, 1.82) is 0 Å². The van der Waals surface area contributed by atoms with Crippen LogP contribution in [0, 0.1) is 21.7 Å². The van der Waals surface area contributed by atoms with Gasteiger partial charge in [0.1, 0.15) is 5.82 Å². The van der Waals surface area contributed by atoms with Crippen LogP contribution in [0.5, 0.6) is 0 Å². The SMILES string of the molecule is O=[N+]([O-])c1cc(NCc2ccncc2)c(F)cc1F. The molecule has 0 aliphatic rings. The van der Waals surface area contributed by atoms with Crippen LogP contribution in [0.1, 0.15) is 5.56 Å². The van der Waals surface area contributed by atoms with Crippen molar-refractivity contribution >= 4 is 11.4 Å². The fraction of sp³-hybridized carbons (Fsp3) is 0.0833. The van der Waals surface area contributed by atoms with E-state index >= 15 is 0 Å². The molecule has 0 unspecified atom stereocenters. The van der Waals surface area contributed by atoms with E-state index in [1.807, 2.05) is 0 Å². The number of nitrogens with one attached hydrogen (secondary N) is 1. The average molecular weight is 265 g/mol. The molecule has 0 aliphatic heterocycles. The molecule has 19 heavy (non-hydrogen) atoms. The zero-order valence-electron chi connectivity index (χ0n) is 9.64. The van der Waals surface area contributed by atoms with Crippen molar-refractivity contribution in [2.75, 3.05) is 5.32 Å². The molecule has 1 heterocycles. The van der Waals surface area contributed by atoms with Crippen LogP contribution in [0.2, 0.25) is 0 Å². The van der Waals surface area contributed by atoms with Crippen LogP contribution in [0.3, 0.4) is 0 Å². The second-order valence-electron chi connectivity index (χ2n) is 3.75. The first kappa shape index (κ1) is 12.9. The van der Waals surface area contributed by atoms with Crippen molar-refractivity contribution in [1.82, 2.24) is 4.98 Å². The first-order valence-electron chi connectivity index (χ1n) is 5.34. The van der Waals surface area contributed by atoms with Gasteiger partial charge in [-0.05, 0) is 17.7 Å². The molecular formula is C12H9F2N3O2. The molecule has 1 N–H and O–H groups in total. The van der Waals surface area contributed by atoms with Gasteiger partial charge in [-0.25, -0.2) is 4.39 Å². The maximum atomic E-state index is 13.5. The minimum absolute atomic E-state index is 0.120. The van der Waals surface area contributed by atoms with E-state index in [9.17, 15) is 18.9 Å². The first-order chi connectivity index (χ1) is 9.08. The van der Waals surface area contributed by atoms with E-state index < -0.39 is 22.2 Å². The molecule has 0 bridgehead atoms. The number of hydrogen-bond donors (Lipinski definition) is 1. The summed E-state index contributed by atoms with van der Waals surface area (Å²) in [7, 11) is 0. The van der Waals surface area contributed by atoms with Gasteiger partial charge in [-0.1, -0.05) is 0 Å². The highest BCUT2D eigenvalue weighted by atomic mass is 19.1. The summed E-state index contributed by atoms with van der Waals surface area (Å²) in [5.74, 6) is -2.07. The van der Waals surface area contributed by atoms with Gasteiger partial charge in [0.2, 0.25) is 5.82 Å². The van der Waals surface area contributed by atoms with E-state index in [0.717, 1.165) is 11.6 Å². The van der Waals surface area contributed by atoms with Crippen molar-refractivity contribution in [2.24, 2.45) is 0 Å². The Bertz CT molecular complexity index is 605. The summed E-state index contributed by atoms with van der Waals surface area (Å²) in [4.78, 5) is 13.5. The highest BCUT2D eigenvalue weighted by Gasteiger charge is 2.18. The van der Waals surface area contributed by atoms with Crippen LogP contribution in [-0.2, 0) is 6.54 Å². The van der Waals surface area contributed by atoms with Gasteiger partial charge in [-0.2, -0.15) is 4.39 Å². The molecule has 0 amide bonds. The minimum atomic E-state index is -1.20. The Labute approximate surface area is 107 Å². The molecule has 7 heteroatoms. The van der Waals surface area contributed by atoms with Crippen LogP contribution in [-0.4, -0.2) is 9.91 Å². The molecule has 0 saturated carbocycles. The number of hydrogen-bond acceptors (Lipinski definition) is 4. The summed E-state index contributed by atoms with van der Waals surface area (Å²) < 4.78 is 26.6. The number of aromatic nitrogens is 1. The third-order valence-electron chi connectivity index (χ3n) is 2.47. The van der Waals surface area contributed by atoms with Gasteiger partial charge in [-0.3, -0.25) is 15.1 Å². The molecule has 0 saturated heterocycles. The lowest BCUT2D eigenvalue weighted by Gasteiger charge is -2.07. The van der Waals surface area contributed by atoms with Gasteiger partial charge in [0.25, 0.3) is 0 Å². The molecule has 0 radical (unpaired) electrons. The first-order valence-corrected chi connectivity index (χ1v) is 5.34. The minimum Gasteiger partial charge on any atom is -0.378 e. The van der Waals surface area contributed by atoms with E-state index in [2.05, 4.69) is 10.3 Å². The topological polar surface area (TPSA) is 68.1 Å². The Balaban J connectivity index is 2.21. The quantitative estimate of drug-likeness (QED) is 0.681. The molecular weight excluding hydrogens is 256 g/mol. The lowest BCUT2D eigenvalue weighted by atomic mass is 10.2. The number of anilines is 1. The normalized spacial score (nSPS) is 10.2. The predicted molar refractivity (Wildman–Crippen MR) is 64.6 cm³/mol. The molecule has 2 rings (SSSR count). The van der Waals surface area contributed by atoms with Gasteiger partial charge < -0.3 is 5.32 Å². The van der Waals surface area contributed by atoms with Crippen molar-refractivity contribution in [2.45, 2.75) is 6.54 Å². The molecule has 98 valence electrons. The lowest BCUT2D eigenvalue weighted by Crippen LogP contribution is -2.03. The Morgan fingerprint density at radius 3 is 2.53 bits per heavy atom. The number of rotatable bonds is 4. The number of halogens is 2. The smallest absolute Gasteiger partial charge is 0.307 e. The highest BCUT2D eigenvalue weighted by molar-refractivity contribution is 5.53. The largest absolute Gasteiger partial charge is 0.378 e. The predicted octanol–water partition coefficient (Wildman–Crippen LogP) is 2.88. The third kappa shape index (κ3) is 3.01. The third-order valence-corrected chi connectivity index (χ3v) is 2.47. The maximum Gasteiger partial charge on any atom is 0.307 e. The van der Waals surface area contributed by atoms with E-state index in [0.29, 0.717) is 6.07 Å². The lowest BCUT2D eigenvalue weighted by molar-refractivity contribution is -0.387. The Hall–Kier alpha value is -2.57. The summed E-state index contributed by atoms with van der Waals surface area (Å²) in [5, 5.41) is 13.2. The second-order valence-corrected chi connectivity index (χ2v) is 3.75. The highest BCUT2D eigenvalue weighted by Crippen LogP contribution is 2.25. The molecule has 2 aromatic rings. The van der Waals surface area contributed by atoms with Crippen LogP contribution in [0.4, 0.5) is 20.2 Å². The van der Waals surface area contributed by atoms with E-state index in [1.165, 1.54) is 0 Å². The zero-order chi connectivity index (χ0) is 13.8. The summed E-state index contributed by atoms with van der Waals surface area (Å²) in [6, 6.07) is 4.75. The number of nitrogens with zero attached hydrogens (tertiary/aromatic N) is 2. The van der Waals surface area contributed by atoms with Crippen molar-refractivity contribution in [3.05, 3.63) is 64.0 Å². The molecule has 1 aromatic heterocycles. The molecule has 0 aliphatic carbocycles. The number of nitro benzene ring substituents is 1. The van der Waals surface area contributed by atoms with Gasteiger partial charge >= 0.3 is 5.69 Å². The fourth-order valence-corrected chi connectivity index (χ4v) is 1.51. The zero-order valence-corrected chi connectivity index (χ0v) is 9.64. The second kappa shape index (κ2) is 5.38. The monoisotopic (exact) mass is 265 g/mol. The molecule has 0 spiro atoms. The molecule has 0 atom stereocenters. The van der Waals surface area contributed by atoms with E-state index in [1.54, 1.807) is 24.5 Å². The standard InChI is InChI=1S/C12H9F2N3O2/c13-9-5-10(14)12(17(18)19)6-11(9)16-7-8-1-3-15-4-2-8/h1-6,16H,7H2. The maximum absolute atomic E-state index is 13.5. The van der Waals surface area contributed by atoms with Gasteiger partial charge in [0.05, 0.1) is 10.6 Å². The van der Waals surface area contributed by atoms with Crippen LogP contribution in [0.15, 0.2) is 36.7 Å². The van der Waals surface area contributed by atoms with Gasteiger partial charge in [0, 0.05) is 31.1 Å². The molecule has 1 aromatic carbocycles. The van der Waals surface area contributed by atoms with E-state index in [4.69, 9.17) is 0 Å². The van der Waals surface area contributed by atoms with Gasteiger partial charge in [-0.15, -0.1) is 0 Å². The Morgan fingerprint density at radius 2 is 1.89 bits per heavy atom. The van der Waals surface area contributed by atoms with Crippen LogP contribution in [0.25, 0.3) is 0 Å². The van der Waals surface area contributed by atoms with Crippen molar-refractivity contribution in [3.8, 4) is 0 Å². The van der Waals surface area contributed by atoms with Crippen molar-refractivity contribution in [3.63, 3.8) is 0 Å². The van der Waals surface area contributed by atoms with Gasteiger partial charge in [0.15, 0.2) is 0 Å². The molecule has 0 fully saturated rings. The summed E-state index contributed by atoms with van der Waals surface area (Å²) in [6.45, 7) is 0.252. The number of benzene rings is 1. The Kier molecular flexibility index (Phi) is 3.65. The fourth-order valence-electron chi connectivity index (χ4n) is 1.51. The van der Waals surface area contributed by atoms with E-state index in [-0.39, 0.29) is 12.2 Å².